The Balaban J connectivity index is 0.00000167. The van der Waals surface area contributed by atoms with Gasteiger partial charge in [-0.2, -0.15) is 0 Å². The second kappa shape index (κ2) is 10.8. The zero-order valence-electron chi connectivity index (χ0n) is 20.3. The zero-order valence-corrected chi connectivity index (χ0v) is 21.1. The molecule has 0 bridgehead atoms. The van der Waals surface area contributed by atoms with E-state index >= 15 is 0 Å². The van der Waals surface area contributed by atoms with Crippen LogP contribution in [0.1, 0.15) is 45.9 Å². The van der Waals surface area contributed by atoms with Crippen LogP contribution in [0.4, 0.5) is 14.9 Å². The van der Waals surface area contributed by atoms with Crippen LogP contribution in [0.25, 0.3) is 15.8 Å². The van der Waals surface area contributed by atoms with Crippen molar-refractivity contribution < 1.29 is 23.6 Å². The molecule has 186 valence electrons. The lowest BCUT2D eigenvalue weighted by Gasteiger charge is -2.29. The van der Waals surface area contributed by atoms with Gasteiger partial charge in [0, 0.05) is 36.3 Å². The highest BCUT2D eigenvalue weighted by Crippen LogP contribution is 2.39. The number of fused-ring (bicyclic) bond motifs is 1. The number of halogens is 1. The molecule has 2 aromatic heterocycles. The summed E-state index contributed by atoms with van der Waals surface area (Å²) in [6.45, 7) is 10.5. The van der Waals surface area contributed by atoms with E-state index < -0.39 is 16.3 Å². The molecular weight excluding hydrogens is 473 g/mol. The Kier molecular flexibility index (Phi) is 8.06. The lowest BCUT2D eigenvalue weighted by atomic mass is 10.1. The zero-order chi connectivity index (χ0) is 25.8. The van der Waals surface area contributed by atoms with E-state index in [2.05, 4.69) is 4.98 Å². The van der Waals surface area contributed by atoms with Crippen LogP contribution in [0.5, 0.6) is 11.5 Å². The highest BCUT2D eigenvalue weighted by atomic mass is 32.1. The third-order valence-corrected chi connectivity index (χ3v) is 6.11. The van der Waals surface area contributed by atoms with Gasteiger partial charge in [0.1, 0.15) is 11.4 Å². The van der Waals surface area contributed by atoms with E-state index in [1.807, 2.05) is 46.8 Å². The highest BCUT2D eigenvalue weighted by Gasteiger charge is 2.24. The number of nitro groups is 1. The molecule has 0 fully saturated rings. The normalized spacial score (nSPS) is 13.5. The molecule has 3 aromatic rings. The van der Waals surface area contributed by atoms with Gasteiger partial charge in [-0.3, -0.25) is 15.1 Å². The maximum absolute atomic E-state index is 14.3. The number of nitrogens with zero attached hydrogens (tertiary/aromatic N) is 3. The number of aromatic nitrogens is 1. The number of nitro benzene ring substituents is 1. The maximum atomic E-state index is 14.3. The summed E-state index contributed by atoms with van der Waals surface area (Å²) >= 11 is 1.46. The predicted molar refractivity (Wildman–Crippen MR) is 134 cm³/mol. The van der Waals surface area contributed by atoms with E-state index in [0.717, 1.165) is 21.2 Å². The van der Waals surface area contributed by atoms with Crippen LogP contribution in [-0.4, -0.2) is 39.6 Å². The number of non-ortho nitro benzene ring substituents is 1. The number of hydrogen-bond donors (Lipinski definition) is 0. The fourth-order valence-corrected chi connectivity index (χ4v) is 4.48. The first-order chi connectivity index (χ1) is 16.6. The van der Waals surface area contributed by atoms with E-state index in [1.54, 1.807) is 17.2 Å². The predicted octanol–water partition coefficient (Wildman–Crippen LogP) is 7.19. The number of rotatable bonds is 4. The van der Waals surface area contributed by atoms with E-state index in [1.165, 1.54) is 23.5 Å². The standard InChI is InChI=1S/C23H22FN3O5S.C2H6/c1-23(2,3)32-22(28)26-10-7-14(8-11-26)20-13-17-21(33-20)19(6-9-25-17)31-18-5-4-15(27(29)30)12-16(18)24;1-2/h4-7,9,12-13H,8,10-11H2,1-3H3;1-2H3. The van der Waals surface area contributed by atoms with E-state index in [0.29, 0.717) is 30.8 Å². The fraction of sp³-hybridized carbons (Fsp3) is 0.360. The molecule has 0 saturated heterocycles. The molecule has 1 aliphatic rings. The summed E-state index contributed by atoms with van der Waals surface area (Å²) in [5, 5.41) is 10.8. The molecule has 0 aliphatic carbocycles. The second-order valence-electron chi connectivity index (χ2n) is 8.51. The van der Waals surface area contributed by atoms with Gasteiger partial charge < -0.3 is 14.4 Å². The molecule has 0 saturated carbocycles. The van der Waals surface area contributed by atoms with E-state index in [-0.39, 0.29) is 17.5 Å². The van der Waals surface area contributed by atoms with Crippen LogP contribution in [0.2, 0.25) is 0 Å². The summed E-state index contributed by atoms with van der Waals surface area (Å²) in [6.07, 6.45) is 3.89. The highest BCUT2D eigenvalue weighted by molar-refractivity contribution is 7.20. The smallest absolute Gasteiger partial charge is 0.410 e. The monoisotopic (exact) mass is 501 g/mol. The number of benzene rings is 1. The minimum atomic E-state index is -0.817. The topological polar surface area (TPSA) is 94.8 Å². The summed E-state index contributed by atoms with van der Waals surface area (Å²) < 4.78 is 26.2. The van der Waals surface area contributed by atoms with Crippen LogP contribution in [-0.2, 0) is 4.74 Å². The molecule has 0 atom stereocenters. The number of thiophene rings is 1. The summed E-state index contributed by atoms with van der Waals surface area (Å²) in [4.78, 5) is 29.5. The van der Waals surface area contributed by atoms with Crippen LogP contribution in [0.15, 0.2) is 42.6 Å². The quantitative estimate of drug-likeness (QED) is 0.277. The summed E-state index contributed by atoms with van der Waals surface area (Å²) in [5.41, 5.74) is 0.899. The van der Waals surface area contributed by atoms with Gasteiger partial charge in [0.25, 0.3) is 5.69 Å². The van der Waals surface area contributed by atoms with Crippen LogP contribution in [0.3, 0.4) is 0 Å². The number of ether oxygens (including phenoxy) is 2. The lowest BCUT2D eigenvalue weighted by Crippen LogP contribution is -2.39. The van der Waals surface area contributed by atoms with Gasteiger partial charge in [0.2, 0.25) is 0 Å². The van der Waals surface area contributed by atoms with Crippen molar-refractivity contribution in [2.45, 2.75) is 46.6 Å². The SMILES string of the molecule is CC.CC(C)(C)OC(=O)N1CC=C(c2cc3nccc(Oc4ccc([N+](=O)[O-])cc4F)c3s2)CC1. The van der Waals surface area contributed by atoms with Gasteiger partial charge in [-0.25, -0.2) is 9.18 Å². The Labute approximate surface area is 207 Å². The van der Waals surface area contributed by atoms with E-state index in [4.69, 9.17) is 9.47 Å². The van der Waals surface area contributed by atoms with Gasteiger partial charge in [0.05, 0.1) is 21.2 Å². The average molecular weight is 502 g/mol. The molecule has 3 heterocycles. The van der Waals surface area contributed by atoms with Gasteiger partial charge in [-0.1, -0.05) is 19.9 Å². The molecule has 35 heavy (non-hydrogen) atoms. The number of carbonyl (C=O) groups excluding carboxylic acids is 1. The van der Waals surface area contributed by atoms with Crippen LogP contribution in [0, 0.1) is 15.9 Å². The van der Waals surface area contributed by atoms with Crippen molar-refractivity contribution in [3.05, 3.63) is 63.4 Å². The summed E-state index contributed by atoms with van der Waals surface area (Å²) in [7, 11) is 0. The van der Waals surface area contributed by atoms with Crippen molar-refractivity contribution >= 4 is 38.9 Å². The molecule has 4 rings (SSSR count). The Morgan fingerprint density at radius 2 is 1.94 bits per heavy atom. The third-order valence-electron chi connectivity index (χ3n) is 4.90. The number of hydrogen-bond acceptors (Lipinski definition) is 7. The molecule has 0 N–H and O–H groups in total. The molecular formula is C25H28FN3O5S. The molecule has 0 radical (unpaired) electrons. The average Bonchev–Trinajstić information content (AvgIpc) is 3.26. The maximum Gasteiger partial charge on any atom is 0.410 e. The minimum Gasteiger partial charge on any atom is -0.453 e. The van der Waals surface area contributed by atoms with Crippen molar-refractivity contribution in [1.82, 2.24) is 9.88 Å². The first-order valence-electron chi connectivity index (χ1n) is 11.3. The van der Waals surface area contributed by atoms with Gasteiger partial charge >= 0.3 is 6.09 Å². The summed E-state index contributed by atoms with van der Waals surface area (Å²) in [5.74, 6) is -0.508. The van der Waals surface area contributed by atoms with Gasteiger partial charge in [0.15, 0.2) is 11.6 Å². The minimum absolute atomic E-state index is 0.104. The summed E-state index contributed by atoms with van der Waals surface area (Å²) in [6, 6.07) is 6.83. The van der Waals surface area contributed by atoms with Crippen molar-refractivity contribution in [3.8, 4) is 11.5 Å². The van der Waals surface area contributed by atoms with Gasteiger partial charge in [-0.15, -0.1) is 11.3 Å². The molecule has 1 aliphatic heterocycles. The molecule has 1 aromatic carbocycles. The first-order valence-corrected chi connectivity index (χ1v) is 12.1. The Bertz CT molecular complexity index is 1270. The number of pyridine rings is 1. The third kappa shape index (κ3) is 6.33. The van der Waals surface area contributed by atoms with Crippen LogP contribution >= 0.6 is 11.3 Å². The largest absolute Gasteiger partial charge is 0.453 e. The molecule has 8 nitrogen and oxygen atoms in total. The number of amides is 1. The van der Waals surface area contributed by atoms with Crippen LogP contribution < -0.4 is 4.74 Å². The van der Waals surface area contributed by atoms with Crippen molar-refractivity contribution in [2.75, 3.05) is 13.1 Å². The fourth-order valence-electron chi connectivity index (χ4n) is 3.34. The lowest BCUT2D eigenvalue weighted by molar-refractivity contribution is -0.385. The Morgan fingerprint density at radius 1 is 1.20 bits per heavy atom. The van der Waals surface area contributed by atoms with Crippen molar-refractivity contribution in [1.29, 1.82) is 0 Å². The Hall–Kier alpha value is -3.53. The first kappa shape index (κ1) is 26.1. The molecule has 0 unspecified atom stereocenters. The van der Waals surface area contributed by atoms with Gasteiger partial charge in [-0.05, 0) is 44.9 Å². The molecule has 0 spiro atoms. The Morgan fingerprint density at radius 3 is 2.54 bits per heavy atom. The van der Waals surface area contributed by atoms with Crippen molar-refractivity contribution in [2.24, 2.45) is 0 Å². The molecule has 10 heteroatoms. The van der Waals surface area contributed by atoms with E-state index in [9.17, 15) is 19.3 Å². The second-order valence-corrected chi connectivity index (χ2v) is 9.57. The number of carbonyl (C=O) groups is 1. The molecule has 1 amide bonds. The van der Waals surface area contributed by atoms with Crippen molar-refractivity contribution in [3.63, 3.8) is 0 Å².